The third-order valence-electron chi connectivity index (χ3n) is 4.06. The SMILES string of the molecule is Fc1cccc(Cn2c(C3CCOC3)nc3cccnc32)c1. The molecule has 1 saturated heterocycles. The molecule has 5 heteroatoms. The number of fused-ring (bicyclic) bond motifs is 1. The molecular weight excluding hydrogens is 281 g/mol. The Morgan fingerprint density at radius 1 is 1.27 bits per heavy atom. The fraction of sp³-hybridized carbons (Fsp3) is 0.294. The van der Waals surface area contributed by atoms with Gasteiger partial charge < -0.3 is 9.30 Å². The van der Waals surface area contributed by atoms with Gasteiger partial charge in [0.1, 0.15) is 17.2 Å². The summed E-state index contributed by atoms with van der Waals surface area (Å²) in [5, 5.41) is 0. The van der Waals surface area contributed by atoms with Gasteiger partial charge in [0.05, 0.1) is 13.2 Å². The summed E-state index contributed by atoms with van der Waals surface area (Å²) in [5.74, 6) is 1.04. The van der Waals surface area contributed by atoms with Crippen molar-refractivity contribution in [2.75, 3.05) is 13.2 Å². The van der Waals surface area contributed by atoms with Gasteiger partial charge >= 0.3 is 0 Å². The summed E-state index contributed by atoms with van der Waals surface area (Å²) in [4.78, 5) is 9.20. The van der Waals surface area contributed by atoms with Gasteiger partial charge in [-0.15, -0.1) is 0 Å². The van der Waals surface area contributed by atoms with Crippen LogP contribution in [0.25, 0.3) is 11.2 Å². The van der Waals surface area contributed by atoms with E-state index in [1.165, 1.54) is 6.07 Å². The summed E-state index contributed by atoms with van der Waals surface area (Å²) in [6.07, 6.45) is 2.73. The van der Waals surface area contributed by atoms with Crippen molar-refractivity contribution in [3.63, 3.8) is 0 Å². The van der Waals surface area contributed by atoms with E-state index in [0.29, 0.717) is 13.2 Å². The minimum absolute atomic E-state index is 0.222. The van der Waals surface area contributed by atoms with E-state index in [2.05, 4.69) is 9.55 Å². The first-order valence-electron chi connectivity index (χ1n) is 7.44. The van der Waals surface area contributed by atoms with Gasteiger partial charge in [0.2, 0.25) is 0 Å². The van der Waals surface area contributed by atoms with Crippen LogP contribution in [-0.4, -0.2) is 27.7 Å². The molecule has 1 unspecified atom stereocenters. The number of pyridine rings is 1. The Morgan fingerprint density at radius 3 is 3.05 bits per heavy atom. The Kier molecular flexibility index (Phi) is 3.35. The van der Waals surface area contributed by atoms with E-state index in [9.17, 15) is 4.39 Å². The van der Waals surface area contributed by atoms with Crippen molar-refractivity contribution >= 4 is 11.2 Å². The highest BCUT2D eigenvalue weighted by Crippen LogP contribution is 2.28. The van der Waals surface area contributed by atoms with Crippen LogP contribution in [0.3, 0.4) is 0 Å². The van der Waals surface area contributed by atoms with Crippen LogP contribution in [0.15, 0.2) is 42.6 Å². The van der Waals surface area contributed by atoms with Crippen LogP contribution in [-0.2, 0) is 11.3 Å². The normalized spacial score (nSPS) is 18.1. The Balaban J connectivity index is 1.81. The van der Waals surface area contributed by atoms with Gasteiger partial charge in [0.15, 0.2) is 5.65 Å². The maximum Gasteiger partial charge on any atom is 0.160 e. The Bertz CT molecular complexity index is 809. The molecule has 0 N–H and O–H groups in total. The number of hydrogen-bond acceptors (Lipinski definition) is 3. The minimum atomic E-state index is -0.222. The van der Waals surface area contributed by atoms with Gasteiger partial charge in [0, 0.05) is 18.7 Å². The van der Waals surface area contributed by atoms with Crippen molar-refractivity contribution in [3.8, 4) is 0 Å². The molecule has 1 aliphatic heterocycles. The number of halogens is 1. The third-order valence-corrected chi connectivity index (χ3v) is 4.06. The Labute approximate surface area is 127 Å². The topological polar surface area (TPSA) is 39.9 Å². The first-order chi connectivity index (χ1) is 10.8. The molecule has 1 atom stereocenters. The van der Waals surface area contributed by atoms with Crippen molar-refractivity contribution in [3.05, 3.63) is 59.8 Å². The maximum absolute atomic E-state index is 13.5. The number of hydrogen-bond donors (Lipinski definition) is 0. The quantitative estimate of drug-likeness (QED) is 0.745. The second kappa shape index (κ2) is 5.50. The van der Waals surface area contributed by atoms with E-state index in [1.807, 2.05) is 18.2 Å². The minimum Gasteiger partial charge on any atom is -0.381 e. The van der Waals surface area contributed by atoms with Gasteiger partial charge in [-0.1, -0.05) is 12.1 Å². The molecule has 1 fully saturated rings. The lowest BCUT2D eigenvalue weighted by atomic mass is 10.1. The number of nitrogens with zero attached hydrogens (tertiary/aromatic N) is 3. The van der Waals surface area contributed by atoms with Crippen LogP contribution in [0.4, 0.5) is 4.39 Å². The van der Waals surface area contributed by atoms with Crippen LogP contribution >= 0.6 is 0 Å². The molecule has 22 heavy (non-hydrogen) atoms. The van der Waals surface area contributed by atoms with Gasteiger partial charge in [-0.05, 0) is 36.2 Å². The predicted octanol–water partition coefficient (Wildman–Crippen LogP) is 3.12. The molecule has 0 saturated carbocycles. The lowest BCUT2D eigenvalue weighted by molar-refractivity contribution is 0.193. The fourth-order valence-corrected chi connectivity index (χ4v) is 3.00. The smallest absolute Gasteiger partial charge is 0.160 e. The lowest BCUT2D eigenvalue weighted by Gasteiger charge is -2.12. The molecule has 4 nitrogen and oxygen atoms in total. The zero-order valence-electron chi connectivity index (χ0n) is 12.1. The van der Waals surface area contributed by atoms with Crippen LogP contribution in [0.2, 0.25) is 0 Å². The molecule has 3 aromatic rings. The molecule has 112 valence electrons. The molecule has 1 aliphatic rings. The standard InChI is InChI=1S/C17H16FN3O/c18-14-4-1-3-12(9-14)10-21-16(13-6-8-22-11-13)20-15-5-2-7-19-17(15)21/h1-5,7,9,13H,6,8,10-11H2. The van der Waals surface area contributed by atoms with Gasteiger partial charge in [-0.3, -0.25) is 0 Å². The first kappa shape index (κ1) is 13.4. The van der Waals surface area contributed by atoms with Crippen molar-refractivity contribution in [2.24, 2.45) is 0 Å². The molecule has 0 amide bonds. The Hall–Kier alpha value is -2.27. The van der Waals surface area contributed by atoms with E-state index >= 15 is 0 Å². The van der Waals surface area contributed by atoms with E-state index in [1.54, 1.807) is 18.3 Å². The monoisotopic (exact) mass is 297 g/mol. The molecular formula is C17H16FN3O. The van der Waals surface area contributed by atoms with Crippen molar-refractivity contribution in [2.45, 2.75) is 18.9 Å². The number of ether oxygens (including phenoxy) is 1. The van der Waals surface area contributed by atoms with Gasteiger partial charge in [0.25, 0.3) is 0 Å². The van der Waals surface area contributed by atoms with Crippen molar-refractivity contribution in [1.29, 1.82) is 0 Å². The molecule has 1 aromatic carbocycles. The fourth-order valence-electron chi connectivity index (χ4n) is 3.00. The summed E-state index contributed by atoms with van der Waals surface area (Å²) in [5.41, 5.74) is 2.62. The summed E-state index contributed by atoms with van der Waals surface area (Å²) >= 11 is 0. The average Bonchev–Trinajstić information content (AvgIpc) is 3.15. The number of rotatable bonds is 3. The number of benzene rings is 1. The van der Waals surface area contributed by atoms with E-state index in [-0.39, 0.29) is 11.7 Å². The lowest BCUT2D eigenvalue weighted by Crippen LogP contribution is -2.11. The molecule has 0 bridgehead atoms. The zero-order chi connectivity index (χ0) is 14.9. The highest BCUT2D eigenvalue weighted by molar-refractivity contribution is 5.71. The maximum atomic E-state index is 13.5. The average molecular weight is 297 g/mol. The summed E-state index contributed by atoms with van der Waals surface area (Å²) in [6, 6.07) is 10.5. The number of aromatic nitrogens is 3. The molecule has 0 radical (unpaired) electrons. The molecule has 0 aliphatic carbocycles. The summed E-state index contributed by atoms with van der Waals surface area (Å²) in [6.45, 7) is 2.02. The first-order valence-corrected chi connectivity index (χ1v) is 7.44. The van der Waals surface area contributed by atoms with Gasteiger partial charge in [-0.2, -0.15) is 0 Å². The van der Waals surface area contributed by atoms with Crippen LogP contribution < -0.4 is 0 Å². The predicted molar refractivity (Wildman–Crippen MR) is 81.2 cm³/mol. The van der Waals surface area contributed by atoms with Crippen LogP contribution in [0.5, 0.6) is 0 Å². The molecule has 0 spiro atoms. The van der Waals surface area contributed by atoms with E-state index < -0.39 is 0 Å². The van der Waals surface area contributed by atoms with Crippen LogP contribution in [0.1, 0.15) is 23.7 Å². The summed E-state index contributed by atoms with van der Waals surface area (Å²) < 4.78 is 21.0. The second-order valence-corrected chi connectivity index (χ2v) is 5.59. The van der Waals surface area contributed by atoms with E-state index in [0.717, 1.165) is 35.6 Å². The second-order valence-electron chi connectivity index (χ2n) is 5.59. The highest BCUT2D eigenvalue weighted by atomic mass is 19.1. The zero-order valence-corrected chi connectivity index (χ0v) is 12.1. The third kappa shape index (κ3) is 2.37. The van der Waals surface area contributed by atoms with Crippen molar-refractivity contribution in [1.82, 2.24) is 14.5 Å². The summed E-state index contributed by atoms with van der Waals surface area (Å²) in [7, 11) is 0. The van der Waals surface area contributed by atoms with Gasteiger partial charge in [-0.25, -0.2) is 14.4 Å². The molecule has 3 heterocycles. The van der Waals surface area contributed by atoms with Crippen molar-refractivity contribution < 1.29 is 9.13 Å². The molecule has 4 rings (SSSR count). The highest BCUT2D eigenvalue weighted by Gasteiger charge is 2.24. The Morgan fingerprint density at radius 2 is 2.23 bits per heavy atom. The largest absolute Gasteiger partial charge is 0.381 e. The van der Waals surface area contributed by atoms with Crippen LogP contribution in [0, 0.1) is 5.82 Å². The number of imidazole rings is 1. The van der Waals surface area contributed by atoms with E-state index in [4.69, 9.17) is 9.72 Å². The molecule has 2 aromatic heterocycles.